The van der Waals surface area contributed by atoms with Crippen molar-refractivity contribution in [1.29, 1.82) is 0 Å². The summed E-state index contributed by atoms with van der Waals surface area (Å²) in [6.45, 7) is 2.38. The Morgan fingerprint density at radius 2 is 2.32 bits per heavy atom. The van der Waals surface area contributed by atoms with Gasteiger partial charge in [0.2, 0.25) is 0 Å². The highest BCUT2D eigenvalue weighted by atomic mass is 16.6. The predicted molar refractivity (Wildman–Crippen MR) is 71.0 cm³/mol. The number of nitro groups is 1. The minimum Gasteiger partial charge on any atom is -0.379 e. The molecule has 0 radical (unpaired) electrons. The smallest absolute Gasteiger partial charge is 0.295 e. The first-order valence-corrected chi connectivity index (χ1v) is 6.00. The van der Waals surface area contributed by atoms with Crippen molar-refractivity contribution in [1.82, 2.24) is 15.2 Å². The van der Waals surface area contributed by atoms with Crippen LogP contribution in [-0.4, -0.2) is 26.6 Å². The number of rotatable bonds is 6. The monoisotopic (exact) mass is 261 g/mol. The molecule has 100 valence electrons. The van der Waals surface area contributed by atoms with E-state index in [4.69, 9.17) is 0 Å². The van der Waals surface area contributed by atoms with E-state index in [0.717, 1.165) is 18.7 Å². The van der Waals surface area contributed by atoms with Crippen LogP contribution in [0.5, 0.6) is 0 Å². The molecular weight excluding hydrogens is 246 g/mol. The van der Waals surface area contributed by atoms with Crippen molar-refractivity contribution < 1.29 is 4.92 Å². The van der Waals surface area contributed by atoms with Gasteiger partial charge in [-0.25, -0.2) is 4.98 Å². The molecule has 0 amide bonds. The second kappa shape index (κ2) is 5.94. The average molecular weight is 261 g/mol. The molecule has 1 aromatic heterocycles. The van der Waals surface area contributed by atoms with E-state index in [0.29, 0.717) is 17.8 Å². The molecule has 0 saturated carbocycles. The number of hydrogen-bond acceptors (Lipinski definition) is 5. The van der Waals surface area contributed by atoms with Gasteiger partial charge in [-0.2, -0.15) is 5.10 Å². The van der Waals surface area contributed by atoms with Crippen molar-refractivity contribution in [2.75, 3.05) is 11.9 Å². The van der Waals surface area contributed by atoms with Gasteiger partial charge in [0.25, 0.3) is 5.69 Å². The molecule has 7 nitrogen and oxygen atoms in total. The molecule has 1 aromatic carbocycles. The fourth-order valence-corrected chi connectivity index (χ4v) is 1.87. The van der Waals surface area contributed by atoms with Crippen LogP contribution in [0.2, 0.25) is 0 Å². The number of nitrogens with one attached hydrogen (secondary N) is 2. The maximum absolute atomic E-state index is 11.0. The average Bonchev–Trinajstić information content (AvgIpc) is 2.87. The van der Waals surface area contributed by atoms with Crippen molar-refractivity contribution in [2.45, 2.75) is 19.8 Å². The molecular formula is C12H15N5O2. The molecule has 0 aliphatic rings. The number of benzene rings is 1. The van der Waals surface area contributed by atoms with Crippen LogP contribution in [0.4, 0.5) is 11.4 Å². The Balaban J connectivity index is 1.92. The van der Waals surface area contributed by atoms with Crippen LogP contribution in [0.1, 0.15) is 17.8 Å². The third-order valence-corrected chi connectivity index (χ3v) is 2.79. The maximum Gasteiger partial charge on any atom is 0.295 e. The van der Waals surface area contributed by atoms with E-state index in [1.54, 1.807) is 25.1 Å². The Morgan fingerprint density at radius 3 is 3.00 bits per heavy atom. The number of hydrogen-bond donors (Lipinski definition) is 2. The molecule has 2 aromatic rings. The first-order chi connectivity index (χ1) is 9.18. The van der Waals surface area contributed by atoms with Gasteiger partial charge in [-0.1, -0.05) is 12.1 Å². The summed E-state index contributed by atoms with van der Waals surface area (Å²) in [6, 6.07) is 5.26. The number of aryl methyl sites for hydroxylation is 2. The normalized spacial score (nSPS) is 10.4. The second-order valence-corrected chi connectivity index (χ2v) is 4.19. The molecule has 0 bridgehead atoms. The quantitative estimate of drug-likeness (QED) is 0.471. The number of aromatic amines is 1. The molecule has 1 heterocycles. The lowest BCUT2D eigenvalue weighted by atomic mass is 10.1. The summed E-state index contributed by atoms with van der Waals surface area (Å²) in [7, 11) is 0. The van der Waals surface area contributed by atoms with Crippen LogP contribution in [-0.2, 0) is 6.42 Å². The van der Waals surface area contributed by atoms with E-state index in [9.17, 15) is 10.1 Å². The van der Waals surface area contributed by atoms with Gasteiger partial charge < -0.3 is 5.32 Å². The van der Waals surface area contributed by atoms with Gasteiger partial charge in [0, 0.05) is 18.5 Å². The van der Waals surface area contributed by atoms with Crippen molar-refractivity contribution >= 4 is 11.4 Å². The summed E-state index contributed by atoms with van der Waals surface area (Å²) in [5.74, 6) is 0.820. The maximum atomic E-state index is 11.0. The molecule has 2 N–H and O–H groups in total. The standard InChI is InChI=1S/C12H15N5O2/c1-9-4-2-5-10(12(9)17(18)19)13-7-3-6-11-14-8-15-16-11/h2,4-5,8,13H,3,6-7H2,1H3,(H,14,15,16). The number of aromatic nitrogens is 3. The first kappa shape index (κ1) is 13.0. The third kappa shape index (κ3) is 3.27. The Kier molecular flexibility index (Phi) is 4.07. The lowest BCUT2D eigenvalue weighted by molar-refractivity contribution is -0.384. The topological polar surface area (TPSA) is 96.7 Å². The fourth-order valence-electron chi connectivity index (χ4n) is 1.87. The van der Waals surface area contributed by atoms with Crippen molar-refractivity contribution in [3.05, 3.63) is 46.0 Å². The predicted octanol–water partition coefficient (Wildman–Crippen LogP) is 2.07. The van der Waals surface area contributed by atoms with Gasteiger partial charge in [-0.15, -0.1) is 0 Å². The molecule has 0 fully saturated rings. The van der Waals surface area contributed by atoms with Crippen LogP contribution in [0.15, 0.2) is 24.5 Å². The van der Waals surface area contributed by atoms with Crippen LogP contribution in [0.3, 0.4) is 0 Å². The van der Waals surface area contributed by atoms with E-state index in [1.807, 2.05) is 0 Å². The lowest BCUT2D eigenvalue weighted by Crippen LogP contribution is -2.06. The molecule has 19 heavy (non-hydrogen) atoms. The highest BCUT2D eigenvalue weighted by molar-refractivity contribution is 5.64. The summed E-state index contributed by atoms with van der Waals surface area (Å²) in [4.78, 5) is 14.7. The van der Waals surface area contributed by atoms with E-state index in [1.165, 1.54) is 6.33 Å². The molecule has 0 saturated heterocycles. The zero-order valence-corrected chi connectivity index (χ0v) is 10.6. The summed E-state index contributed by atoms with van der Waals surface area (Å²) >= 11 is 0. The van der Waals surface area contributed by atoms with Gasteiger partial charge in [-0.05, 0) is 19.4 Å². The number of anilines is 1. The number of nitrogens with zero attached hydrogens (tertiary/aromatic N) is 3. The van der Waals surface area contributed by atoms with Crippen molar-refractivity contribution in [3.8, 4) is 0 Å². The molecule has 0 unspecified atom stereocenters. The van der Waals surface area contributed by atoms with Crippen LogP contribution >= 0.6 is 0 Å². The number of H-pyrrole nitrogens is 1. The SMILES string of the molecule is Cc1cccc(NCCCc2ncn[nH]2)c1[N+](=O)[O-]. The van der Waals surface area contributed by atoms with E-state index in [2.05, 4.69) is 20.5 Å². The van der Waals surface area contributed by atoms with Crippen LogP contribution in [0.25, 0.3) is 0 Å². The Hall–Kier alpha value is -2.44. The molecule has 0 spiro atoms. The first-order valence-electron chi connectivity index (χ1n) is 6.00. The van der Waals surface area contributed by atoms with E-state index in [-0.39, 0.29) is 10.6 Å². The van der Waals surface area contributed by atoms with Crippen LogP contribution < -0.4 is 5.32 Å². The van der Waals surface area contributed by atoms with Gasteiger partial charge in [0.05, 0.1) is 4.92 Å². The second-order valence-electron chi connectivity index (χ2n) is 4.19. The Morgan fingerprint density at radius 1 is 1.47 bits per heavy atom. The third-order valence-electron chi connectivity index (χ3n) is 2.79. The zero-order chi connectivity index (χ0) is 13.7. The molecule has 0 aliphatic heterocycles. The van der Waals surface area contributed by atoms with E-state index >= 15 is 0 Å². The largest absolute Gasteiger partial charge is 0.379 e. The van der Waals surface area contributed by atoms with E-state index < -0.39 is 0 Å². The molecule has 0 atom stereocenters. The molecule has 7 heteroatoms. The highest BCUT2D eigenvalue weighted by Gasteiger charge is 2.15. The van der Waals surface area contributed by atoms with Gasteiger partial charge >= 0.3 is 0 Å². The number of nitro benzene ring substituents is 1. The van der Waals surface area contributed by atoms with Crippen molar-refractivity contribution in [2.24, 2.45) is 0 Å². The minimum atomic E-state index is -0.353. The number of para-hydroxylation sites is 1. The molecule has 0 aliphatic carbocycles. The summed E-state index contributed by atoms with van der Waals surface area (Å²) in [6.07, 6.45) is 3.04. The minimum absolute atomic E-state index is 0.141. The lowest BCUT2D eigenvalue weighted by Gasteiger charge is -2.07. The Bertz CT molecular complexity index is 553. The fraction of sp³-hybridized carbons (Fsp3) is 0.333. The zero-order valence-electron chi connectivity index (χ0n) is 10.6. The summed E-state index contributed by atoms with van der Waals surface area (Å²) < 4.78 is 0. The Labute approximate surface area is 110 Å². The van der Waals surface area contributed by atoms with Crippen molar-refractivity contribution in [3.63, 3.8) is 0 Å². The van der Waals surface area contributed by atoms with Crippen LogP contribution in [0, 0.1) is 17.0 Å². The van der Waals surface area contributed by atoms with Gasteiger partial charge in [-0.3, -0.25) is 15.2 Å². The van der Waals surface area contributed by atoms with Gasteiger partial charge in [0.15, 0.2) is 0 Å². The highest BCUT2D eigenvalue weighted by Crippen LogP contribution is 2.27. The van der Waals surface area contributed by atoms with Gasteiger partial charge in [0.1, 0.15) is 17.8 Å². The molecule has 2 rings (SSSR count). The summed E-state index contributed by atoms with van der Waals surface area (Å²) in [5, 5.41) is 20.6. The summed E-state index contributed by atoms with van der Waals surface area (Å²) in [5.41, 5.74) is 1.36.